The molecule has 1 atom stereocenters. The van der Waals surface area contributed by atoms with Crippen molar-refractivity contribution in [1.82, 2.24) is 4.57 Å². The van der Waals surface area contributed by atoms with Gasteiger partial charge in [0.2, 0.25) is 0 Å². The summed E-state index contributed by atoms with van der Waals surface area (Å²) in [6.45, 7) is 3.68. The van der Waals surface area contributed by atoms with Gasteiger partial charge in [0, 0.05) is 17.7 Å². The second-order valence-corrected chi connectivity index (χ2v) is 10.1. The van der Waals surface area contributed by atoms with Gasteiger partial charge in [0.15, 0.2) is 4.80 Å². The summed E-state index contributed by atoms with van der Waals surface area (Å²) in [5.74, 6) is -0.526. The van der Waals surface area contributed by atoms with Gasteiger partial charge in [0.1, 0.15) is 18.2 Å². The van der Waals surface area contributed by atoms with Crippen molar-refractivity contribution in [3.63, 3.8) is 0 Å². The zero-order valence-corrected chi connectivity index (χ0v) is 22.9. The number of ether oxygens (including phenoxy) is 2. The van der Waals surface area contributed by atoms with E-state index in [1.807, 2.05) is 6.07 Å². The first kappa shape index (κ1) is 27.7. The lowest BCUT2D eigenvalue weighted by Crippen LogP contribution is -2.39. The molecule has 0 fully saturated rings. The van der Waals surface area contributed by atoms with Gasteiger partial charge < -0.3 is 9.47 Å². The van der Waals surface area contributed by atoms with E-state index < -0.39 is 22.8 Å². The molecule has 0 spiro atoms. The van der Waals surface area contributed by atoms with Crippen LogP contribution in [0.15, 0.2) is 93.9 Å². The van der Waals surface area contributed by atoms with Gasteiger partial charge in [0.25, 0.3) is 11.2 Å². The van der Waals surface area contributed by atoms with Crippen LogP contribution in [0.1, 0.15) is 36.6 Å². The van der Waals surface area contributed by atoms with Crippen LogP contribution in [0.2, 0.25) is 0 Å². The summed E-state index contributed by atoms with van der Waals surface area (Å²) in [5, 5.41) is 10.9. The van der Waals surface area contributed by atoms with E-state index in [1.54, 1.807) is 50.3 Å². The van der Waals surface area contributed by atoms with Gasteiger partial charge in [-0.1, -0.05) is 41.7 Å². The minimum atomic E-state index is -0.846. The van der Waals surface area contributed by atoms with Crippen LogP contribution in [0.4, 0.5) is 10.1 Å². The number of rotatable bonds is 8. The first-order valence-electron chi connectivity index (χ1n) is 12.7. The van der Waals surface area contributed by atoms with Crippen molar-refractivity contribution in [1.29, 1.82) is 0 Å². The van der Waals surface area contributed by atoms with Gasteiger partial charge in [-0.25, -0.2) is 14.2 Å². The number of hydrogen-bond acceptors (Lipinski definition) is 8. The number of carbonyl (C=O) groups is 1. The normalized spacial score (nSPS) is 14.8. The average Bonchev–Trinajstić information content (AvgIpc) is 3.26. The van der Waals surface area contributed by atoms with E-state index in [0.717, 1.165) is 5.56 Å². The number of nitro groups is 1. The third-order valence-corrected chi connectivity index (χ3v) is 7.43. The number of hydrogen-bond donors (Lipinski definition) is 0. The molecular weight excluding hydrogens is 549 g/mol. The van der Waals surface area contributed by atoms with Gasteiger partial charge in [-0.15, -0.1) is 0 Å². The Labute approximate surface area is 237 Å². The van der Waals surface area contributed by atoms with Crippen LogP contribution in [0.5, 0.6) is 5.75 Å². The zero-order chi connectivity index (χ0) is 29.1. The van der Waals surface area contributed by atoms with Crippen molar-refractivity contribution < 1.29 is 23.6 Å². The molecule has 0 N–H and O–H groups in total. The molecule has 0 bridgehead atoms. The largest absolute Gasteiger partial charge is 0.488 e. The third-order valence-electron chi connectivity index (χ3n) is 6.45. The average molecular weight is 574 g/mol. The SMILES string of the molecule is CCOC(=O)C1=C(C)N=c2s/c(=C/c3ccccc3OCc3ccc([N+](=O)[O-])cc3)c(=O)n2[C@@H]1c1ccc(F)cc1. The Morgan fingerprint density at radius 1 is 1.12 bits per heavy atom. The van der Waals surface area contributed by atoms with E-state index >= 15 is 0 Å². The van der Waals surface area contributed by atoms with Gasteiger partial charge in [0.05, 0.1) is 33.4 Å². The predicted molar refractivity (Wildman–Crippen MR) is 151 cm³/mol. The predicted octanol–water partition coefficient (Wildman–Crippen LogP) is 4.42. The van der Waals surface area contributed by atoms with Crippen molar-refractivity contribution in [2.24, 2.45) is 4.99 Å². The minimum absolute atomic E-state index is 0.00943. The molecule has 0 radical (unpaired) electrons. The summed E-state index contributed by atoms with van der Waals surface area (Å²) in [7, 11) is 0. The molecule has 0 aliphatic carbocycles. The number of benzene rings is 3. The van der Waals surface area contributed by atoms with Crippen molar-refractivity contribution in [2.45, 2.75) is 26.5 Å². The molecule has 11 heteroatoms. The topological polar surface area (TPSA) is 113 Å². The number of carbonyl (C=O) groups excluding carboxylic acids is 1. The van der Waals surface area contributed by atoms with Crippen LogP contribution in [0.3, 0.4) is 0 Å². The molecular formula is C30H24FN3O6S. The van der Waals surface area contributed by atoms with Crippen LogP contribution < -0.4 is 19.6 Å². The second-order valence-electron chi connectivity index (χ2n) is 9.10. The number of non-ortho nitro benzene ring substituents is 1. The molecule has 1 aliphatic rings. The Balaban J connectivity index is 1.55. The Morgan fingerprint density at radius 2 is 1.83 bits per heavy atom. The van der Waals surface area contributed by atoms with Crippen molar-refractivity contribution in [2.75, 3.05) is 6.61 Å². The van der Waals surface area contributed by atoms with Crippen LogP contribution in [0.25, 0.3) is 6.08 Å². The highest BCUT2D eigenvalue weighted by Gasteiger charge is 2.33. The first-order valence-corrected chi connectivity index (χ1v) is 13.5. The number of para-hydroxylation sites is 1. The van der Waals surface area contributed by atoms with Gasteiger partial charge in [-0.3, -0.25) is 19.5 Å². The maximum absolute atomic E-state index is 13.8. The monoisotopic (exact) mass is 573 g/mol. The number of nitrogens with zero attached hydrogens (tertiary/aromatic N) is 3. The number of allylic oxidation sites excluding steroid dienone is 1. The molecule has 3 aromatic carbocycles. The molecule has 2 heterocycles. The molecule has 41 heavy (non-hydrogen) atoms. The lowest BCUT2D eigenvalue weighted by Gasteiger charge is -2.24. The minimum Gasteiger partial charge on any atom is -0.488 e. The summed E-state index contributed by atoms with van der Waals surface area (Å²) < 4.78 is 26.8. The summed E-state index contributed by atoms with van der Waals surface area (Å²) >= 11 is 1.17. The zero-order valence-electron chi connectivity index (χ0n) is 22.1. The molecule has 1 aliphatic heterocycles. The summed E-state index contributed by atoms with van der Waals surface area (Å²) in [4.78, 5) is 42.2. The number of halogens is 1. The Morgan fingerprint density at radius 3 is 2.51 bits per heavy atom. The van der Waals surface area contributed by atoms with Crippen LogP contribution >= 0.6 is 11.3 Å². The van der Waals surface area contributed by atoms with E-state index in [0.29, 0.717) is 31.9 Å². The Hall–Kier alpha value is -4.90. The molecule has 9 nitrogen and oxygen atoms in total. The highest BCUT2D eigenvalue weighted by atomic mass is 32.1. The molecule has 0 saturated heterocycles. The lowest BCUT2D eigenvalue weighted by atomic mass is 9.96. The summed E-state index contributed by atoms with van der Waals surface area (Å²) in [5.41, 5.74) is 2.17. The quantitative estimate of drug-likeness (QED) is 0.175. The molecule has 5 rings (SSSR count). The lowest BCUT2D eigenvalue weighted by molar-refractivity contribution is -0.384. The smallest absolute Gasteiger partial charge is 0.338 e. The van der Waals surface area contributed by atoms with E-state index in [2.05, 4.69) is 4.99 Å². The number of nitro benzene ring substituents is 1. The Bertz CT molecular complexity index is 1840. The van der Waals surface area contributed by atoms with Crippen LogP contribution in [-0.2, 0) is 16.1 Å². The molecule has 0 amide bonds. The van der Waals surface area contributed by atoms with Gasteiger partial charge in [-0.2, -0.15) is 0 Å². The van der Waals surface area contributed by atoms with Gasteiger partial charge >= 0.3 is 5.97 Å². The second kappa shape index (κ2) is 11.7. The van der Waals surface area contributed by atoms with E-state index in [4.69, 9.17) is 9.47 Å². The molecule has 208 valence electrons. The number of aromatic nitrogens is 1. The fourth-order valence-electron chi connectivity index (χ4n) is 4.50. The highest BCUT2D eigenvalue weighted by Crippen LogP contribution is 2.31. The van der Waals surface area contributed by atoms with Crippen molar-refractivity contribution in [3.05, 3.63) is 136 Å². The maximum Gasteiger partial charge on any atom is 0.338 e. The fraction of sp³-hybridized carbons (Fsp3) is 0.167. The summed E-state index contributed by atoms with van der Waals surface area (Å²) in [6.07, 6.45) is 1.69. The van der Waals surface area contributed by atoms with Crippen molar-refractivity contribution >= 4 is 29.1 Å². The number of thiazole rings is 1. The summed E-state index contributed by atoms with van der Waals surface area (Å²) in [6, 6.07) is 18.0. The fourth-order valence-corrected chi connectivity index (χ4v) is 5.54. The van der Waals surface area contributed by atoms with Crippen LogP contribution in [0, 0.1) is 15.9 Å². The number of fused-ring (bicyclic) bond motifs is 1. The molecule has 4 aromatic rings. The van der Waals surface area contributed by atoms with E-state index in [1.165, 1.54) is 52.3 Å². The number of esters is 1. The van der Waals surface area contributed by atoms with Crippen LogP contribution in [-0.4, -0.2) is 22.1 Å². The van der Waals surface area contributed by atoms with Gasteiger partial charge in [-0.05, 0) is 61.4 Å². The van der Waals surface area contributed by atoms with E-state index in [9.17, 15) is 24.1 Å². The standard InChI is InChI=1S/C30H24FN3O6S/c1-3-39-29(36)26-18(2)32-30-33(27(26)20-10-12-22(31)13-11-20)28(35)25(41-30)16-21-6-4-5-7-24(21)40-17-19-8-14-23(15-9-19)34(37)38/h4-16,27H,3,17H2,1-2H3/b25-16+/t27-/m1/s1. The highest BCUT2D eigenvalue weighted by molar-refractivity contribution is 7.07. The first-order chi connectivity index (χ1) is 19.8. The third kappa shape index (κ3) is 5.71. The molecule has 0 unspecified atom stereocenters. The Kier molecular flexibility index (Phi) is 7.88. The van der Waals surface area contributed by atoms with Crippen molar-refractivity contribution in [3.8, 4) is 5.75 Å². The van der Waals surface area contributed by atoms with E-state index in [-0.39, 0.29) is 30.0 Å². The molecule has 1 aromatic heterocycles. The molecule has 0 saturated carbocycles. The maximum atomic E-state index is 13.8.